The van der Waals surface area contributed by atoms with Crippen LogP contribution >= 0.6 is 34.9 Å². The Hall–Kier alpha value is -2.55. The lowest BCUT2D eigenvalue weighted by molar-refractivity contribution is -0.113. The lowest BCUT2D eigenvalue weighted by Gasteiger charge is -2.31. The van der Waals surface area contributed by atoms with Crippen LogP contribution in [-0.2, 0) is 4.79 Å². The number of thioether (sulfide) groups is 2. The van der Waals surface area contributed by atoms with Crippen LogP contribution < -0.4 is 5.32 Å². The monoisotopic (exact) mass is 466 g/mol. The van der Waals surface area contributed by atoms with Crippen LogP contribution in [0.5, 0.6) is 0 Å². The van der Waals surface area contributed by atoms with Gasteiger partial charge in [-0.15, -0.1) is 23.1 Å². The van der Waals surface area contributed by atoms with Crippen molar-refractivity contribution in [2.24, 2.45) is 4.99 Å². The molecule has 1 amide bonds. The van der Waals surface area contributed by atoms with Gasteiger partial charge in [-0.2, -0.15) is 0 Å². The molecule has 2 aromatic heterocycles. The molecule has 1 N–H and O–H groups in total. The molecule has 31 heavy (non-hydrogen) atoms. The minimum atomic E-state index is -0.133. The number of nitrogens with zero attached hydrogens (tertiary/aromatic N) is 3. The van der Waals surface area contributed by atoms with E-state index in [2.05, 4.69) is 23.5 Å². The Balaban J connectivity index is 1.42. The highest BCUT2D eigenvalue weighted by atomic mass is 32.2. The zero-order valence-electron chi connectivity index (χ0n) is 17.1. The Kier molecular flexibility index (Phi) is 6.80. The maximum atomic E-state index is 12.6. The quantitative estimate of drug-likeness (QED) is 0.521. The maximum absolute atomic E-state index is 12.6. The molecule has 2 aliphatic heterocycles. The van der Waals surface area contributed by atoms with E-state index < -0.39 is 0 Å². The van der Waals surface area contributed by atoms with Crippen molar-refractivity contribution in [2.45, 2.75) is 13.3 Å². The van der Waals surface area contributed by atoms with Crippen LogP contribution in [0.15, 0.2) is 88.1 Å². The largest absolute Gasteiger partial charge is 0.310 e. The Morgan fingerprint density at radius 1 is 1.39 bits per heavy atom. The molecule has 0 aromatic carbocycles. The van der Waals surface area contributed by atoms with E-state index in [9.17, 15) is 4.79 Å². The molecule has 2 aromatic rings. The van der Waals surface area contributed by atoms with Gasteiger partial charge in [0.25, 0.3) is 0 Å². The molecule has 4 rings (SSSR count). The molecule has 5 nitrogen and oxygen atoms in total. The molecule has 158 valence electrons. The van der Waals surface area contributed by atoms with Gasteiger partial charge >= 0.3 is 0 Å². The van der Waals surface area contributed by atoms with Crippen LogP contribution in [-0.4, -0.2) is 32.5 Å². The fourth-order valence-corrected chi connectivity index (χ4v) is 5.86. The van der Waals surface area contributed by atoms with E-state index in [0.717, 1.165) is 49.8 Å². The van der Waals surface area contributed by atoms with Crippen molar-refractivity contribution in [3.63, 3.8) is 0 Å². The smallest absolute Gasteiger partial charge is 0.236 e. The molecule has 0 saturated carbocycles. The van der Waals surface area contributed by atoms with Gasteiger partial charge in [-0.1, -0.05) is 37.1 Å². The van der Waals surface area contributed by atoms with E-state index in [-0.39, 0.29) is 11.7 Å². The molecule has 0 unspecified atom stereocenters. The Labute approximate surface area is 194 Å². The maximum Gasteiger partial charge on any atom is 0.236 e. The van der Waals surface area contributed by atoms with E-state index in [4.69, 9.17) is 4.99 Å². The number of amides is 1. The molecule has 0 radical (unpaired) electrons. The van der Waals surface area contributed by atoms with Crippen molar-refractivity contribution in [3.05, 3.63) is 83.1 Å². The molecule has 0 fully saturated rings. The van der Waals surface area contributed by atoms with Gasteiger partial charge in [0.2, 0.25) is 5.91 Å². The SMILES string of the molecule is C=C(C=CC)N1C(=C)C2=C(CCS2)N=C1SCC(=O)Nc1ccc(-c2cccs2)cn1. The van der Waals surface area contributed by atoms with Gasteiger partial charge in [-0.25, -0.2) is 9.98 Å². The zero-order chi connectivity index (χ0) is 21.8. The number of hydrogen-bond donors (Lipinski definition) is 1. The van der Waals surface area contributed by atoms with Gasteiger partial charge < -0.3 is 5.32 Å². The zero-order valence-corrected chi connectivity index (χ0v) is 19.6. The van der Waals surface area contributed by atoms with Crippen LogP contribution in [0, 0.1) is 0 Å². The van der Waals surface area contributed by atoms with Crippen molar-refractivity contribution in [1.82, 2.24) is 9.88 Å². The van der Waals surface area contributed by atoms with Gasteiger partial charge in [-0.3, -0.25) is 9.69 Å². The summed E-state index contributed by atoms with van der Waals surface area (Å²) in [5.74, 6) is 1.62. The average molecular weight is 467 g/mol. The third kappa shape index (κ3) is 4.87. The fourth-order valence-electron chi connectivity index (χ4n) is 3.21. The molecule has 0 spiro atoms. The number of anilines is 1. The molecule has 0 aliphatic carbocycles. The van der Waals surface area contributed by atoms with Crippen molar-refractivity contribution in [3.8, 4) is 10.4 Å². The third-order valence-corrected chi connectivity index (χ3v) is 7.64. The van der Waals surface area contributed by atoms with Crippen LogP contribution in [0.3, 0.4) is 0 Å². The summed E-state index contributed by atoms with van der Waals surface area (Å²) in [6.07, 6.45) is 6.55. The number of aromatic nitrogens is 1. The number of rotatable bonds is 6. The number of aliphatic imine (C=N–C) groups is 1. The summed E-state index contributed by atoms with van der Waals surface area (Å²) in [5.41, 5.74) is 3.75. The first-order chi connectivity index (χ1) is 15.1. The van der Waals surface area contributed by atoms with E-state index in [1.165, 1.54) is 11.8 Å². The van der Waals surface area contributed by atoms with E-state index in [1.807, 2.05) is 53.6 Å². The summed E-state index contributed by atoms with van der Waals surface area (Å²) in [7, 11) is 0. The fraction of sp³-hybridized carbons (Fsp3) is 0.174. The lowest BCUT2D eigenvalue weighted by Crippen LogP contribution is -2.30. The summed E-state index contributed by atoms with van der Waals surface area (Å²) >= 11 is 4.81. The van der Waals surface area contributed by atoms with E-state index in [1.54, 1.807) is 29.3 Å². The summed E-state index contributed by atoms with van der Waals surface area (Å²) in [6.45, 7) is 10.4. The Morgan fingerprint density at radius 3 is 2.97 bits per heavy atom. The molecule has 0 bridgehead atoms. The van der Waals surface area contributed by atoms with Crippen LogP contribution in [0.25, 0.3) is 10.4 Å². The molecule has 8 heteroatoms. The lowest BCUT2D eigenvalue weighted by atomic mass is 10.2. The van der Waals surface area contributed by atoms with Gasteiger partial charge in [0.05, 0.1) is 22.1 Å². The highest BCUT2D eigenvalue weighted by molar-refractivity contribution is 8.14. The normalized spacial score (nSPS) is 16.0. The highest BCUT2D eigenvalue weighted by Crippen LogP contribution is 2.43. The summed E-state index contributed by atoms with van der Waals surface area (Å²) in [5, 5.41) is 5.62. The predicted molar refractivity (Wildman–Crippen MR) is 135 cm³/mol. The van der Waals surface area contributed by atoms with Crippen molar-refractivity contribution < 1.29 is 4.79 Å². The molecule has 2 aliphatic rings. The standard InChI is InChI=1S/C23H22N4OS3/c1-4-6-15(2)27-16(3)22-18(10-12-30-22)25-23(27)31-14-21(28)26-20-9-8-17(13-24-20)19-7-5-11-29-19/h4-9,11,13H,2-3,10,12,14H2,1H3,(H,24,26,28). The van der Waals surface area contributed by atoms with Gasteiger partial charge in [0.1, 0.15) is 5.82 Å². The van der Waals surface area contributed by atoms with Crippen molar-refractivity contribution >= 4 is 51.8 Å². The number of hydrogen-bond acceptors (Lipinski definition) is 7. The highest BCUT2D eigenvalue weighted by Gasteiger charge is 2.30. The van der Waals surface area contributed by atoms with Crippen molar-refractivity contribution in [2.75, 3.05) is 16.8 Å². The number of carbonyl (C=O) groups is 1. The molecule has 0 atom stereocenters. The van der Waals surface area contributed by atoms with Crippen LogP contribution in [0.1, 0.15) is 13.3 Å². The topological polar surface area (TPSA) is 57.6 Å². The predicted octanol–water partition coefficient (Wildman–Crippen LogP) is 6.11. The molecule has 4 heterocycles. The molecular weight excluding hydrogens is 444 g/mol. The number of amidine groups is 1. The Bertz CT molecular complexity index is 1100. The molecular formula is C23H22N4OS3. The average Bonchev–Trinajstić information content (AvgIpc) is 3.45. The summed E-state index contributed by atoms with van der Waals surface area (Å²) in [6, 6.07) is 7.84. The number of nitrogens with one attached hydrogen (secondary N) is 1. The number of allylic oxidation sites excluding steroid dienone is 3. The second kappa shape index (κ2) is 9.72. The minimum absolute atomic E-state index is 0.133. The third-order valence-electron chi connectivity index (χ3n) is 4.62. The van der Waals surface area contributed by atoms with E-state index in [0.29, 0.717) is 5.82 Å². The first-order valence-electron chi connectivity index (χ1n) is 9.75. The van der Waals surface area contributed by atoms with Gasteiger partial charge in [0, 0.05) is 34.5 Å². The van der Waals surface area contributed by atoms with Crippen LogP contribution in [0.2, 0.25) is 0 Å². The molecule has 0 saturated heterocycles. The summed E-state index contributed by atoms with van der Waals surface area (Å²) < 4.78 is 0. The summed E-state index contributed by atoms with van der Waals surface area (Å²) in [4.78, 5) is 25.9. The second-order valence-electron chi connectivity index (χ2n) is 6.79. The number of thiophene rings is 1. The van der Waals surface area contributed by atoms with Gasteiger partial charge in [-0.05, 0) is 36.6 Å². The number of carbonyl (C=O) groups excluding carboxylic acids is 1. The first-order valence-corrected chi connectivity index (χ1v) is 12.6. The van der Waals surface area contributed by atoms with Gasteiger partial charge in [0.15, 0.2) is 5.17 Å². The van der Waals surface area contributed by atoms with Crippen molar-refractivity contribution in [1.29, 1.82) is 0 Å². The Morgan fingerprint density at radius 2 is 2.26 bits per heavy atom. The second-order valence-corrected chi connectivity index (χ2v) is 9.78. The van der Waals surface area contributed by atoms with E-state index >= 15 is 0 Å². The number of pyridine rings is 1. The first kappa shape index (κ1) is 21.7. The van der Waals surface area contributed by atoms with Crippen LogP contribution in [0.4, 0.5) is 5.82 Å². The minimum Gasteiger partial charge on any atom is -0.310 e.